The minimum atomic E-state index is -0.514. The molecule has 3 rings (SSSR count). The molecule has 1 fully saturated rings. The molecule has 2 aromatic carbocycles. The van der Waals surface area contributed by atoms with Gasteiger partial charge in [-0.05, 0) is 23.6 Å². The number of hydrogen-bond donors (Lipinski definition) is 1. The summed E-state index contributed by atoms with van der Waals surface area (Å²) >= 11 is 0. The number of carbonyl (C=O) groups is 1. The first-order valence-corrected chi connectivity index (χ1v) is 7.99. The number of rotatable bonds is 3. The minimum Gasteiger partial charge on any atom is -0.391 e. The Hall–Kier alpha value is -2.39. The average Bonchev–Trinajstić information content (AvgIpc) is 2.61. The van der Waals surface area contributed by atoms with Crippen molar-refractivity contribution >= 4 is 12.0 Å². The summed E-state index contributed by atoms with van der Waals surface area (Å²) in [5, 5.41) is 10.4. The lowest BCUT2D eigenvalue weighted by molar-refractivity contribution is -0.129. The maximum absolute atomic E-state index is 12.3. The number of carbonyl (C=O) groups excluding carboxylic acids is 1. The van der Waals surface area contributed by atoms with Crippen LogP contribution in [0.1, 0.15) is 23.5 Å². The fraction of sp³-hybridized carbons (Fsp3) is 0.250. The second-order valence-electron chi connectivity index (χ2n) is 5.90. The Kier molecular flexibility index (Phi) is 4.89. The molecule has 1 saturated heterocycles. The molecule has 2 atom stereocenters. The molecule has 0 saturated carbocycles. The number of piperidine rings is 1. The van der Waals surface area contributed by atoms with Gasteiger partial charge < -0.3 is 10.0 Å². The summed E-state index contributed by atoms with van der Waals surface area (Å²) in [7, 11) is 0. The standard InChI is InChI=1S/C20H21NO2/c22-19-15-21(14-13-18(19)17-9-5-2-6-10-17)20(23)12-11-16-7-3-1-4-8-16/h1-12,18-19,22H,13-15H2/t18-,19-/m1/s1. The molecular weight excluding hydrogens is 286 g/mol. The van der Waals surface area contributed by atoms with E-state index in [0.717, 1.165) is 17.5 Å². The van der Waals surface area contributed by atoms with Crippen LogP contribution in [0, 0.1) is 0 Å². The number of β-amino-alcohol motifs (C(OH)–C–C–N with tert-alkyl or cyclic N) is 1. The fourth-order valence-electron chi connectivity index (χ4n) is 3.06. The zero-order chi connectivity index (χ0) is 16.1. The third-order valence-electron chi connectivity index (χ3n) is 4.34. The highest BCUT2D eigenvalue weighted by Crippen LogP contribution is 2.28. The van der Waals surface area contributed by atoms with E-state index in [4.69, 9.17) is 0 Å². The summed E-state index contributed by atoms with van der Waals surface area (Å²) in [5.41, 5.74) is 2.15. The third-order valence-corrected chi connectivity index (χ3v) is 4.34. The summed E-state index contributed by atoms with van der Waals surface area (Å²) in [6, 6.07) is 19.8. The van der Waals surface area contributed by atoms with Crippen molar-refractivity contribution in [2.75, 3.05) is 13.1 Å². The van der Waals surface area contributed by atoms with E-state index in [-0.39, 0.29) is 11.8 Å². The molecule has 2 aromatic rings. The number of benzene rings is 2. The van der Waals surface area contributed by atoms with E-state index in [1.165, 1.54) is 0 Å². The molecular formula is C20H21NO2. The summed E-state index contributed by atoms with van der Waals surface area (Å²) in [4.78, 5) is 14.0. The minimum absolute atomic E-state index is 0.0422. The SMILES string of the molecule is O=C(C=Cc1ccccc1)N1CC[C@H](c2ccccc2)[C@H](O)C1. The highest BCUT2D eigenvalue weighted by molar-refractivity contribution is 5.91. The van der Waals surface area contributed by atoms with Gasteiger partial charge >= 0.3 is 0 Å². The van der Waals surface area contributed by atoms with Gasteiger partial charge in [0.2, 0.25) is 5.91 Å². The Morgan fingerprint density at radius 3 is 2.35 bits per heavy atom. The van der Waals surface area contributed by atoms with Crippen LogP contribution >= 0.6 is 0 Å². The van der Waals surface area contributed by atoms with Crippen LogP contribution in [0.3, 0.4) is 0 Å². The molecule has 0 aromatic heterocycles. The Balaban J connectivity index is 1.61. The predicted molar refractivity (Wildman–Crippen MR) is 91.9 cm³/mol. The lowest BCUT2D eigenvalue weighted by atomic mass is 9.87. The van der Waals surface area contributed by atoms with Crippen LogP contribution < -0.4 is 0 Å². The van der Waals surface area contributed by atoms with E-state index < -0.39 is 6.10 Å². The van der Waals surface area contributed by atoms with Crippen molar-refractivity contribution in [3.05, 3.63) is 77.9 Å². The van der Waals surface area contributed by atoms with Crippen molar-refractivity contribution < 1.29 is 9.90 Å². The van der Waals surface area contributed by atoms with Crippen molar-refractivity contribution in [1.82, 2.24) is 4.90 Å². The fourth-order valence-corrected chi connectivity index (χ4v) is 3.06. The summed E-state index contributed by atoms with van der Waals surface area (Å²) in [6.45, 7) is 1.06. The van der Waals surface area contributed by atoms with E-state index in [2.05, 4.69) is 0 Å². The molecule has 1 amide bonds. The van der Waals surface area contributed by atoms with Crippen LogP contribution in [-0.4, -0.2) is 35.1 Å². The van der Waals surface area contributed by atoms with Gasteiger partial charge in [0.25, 0.3) is 0 Å². The van der Waals surface area contributed by atoms with Crippen molar-refractivity contribution in [1.29, 1.82) is 0 Å². The quantitative estimate of drug-likeness (QED) is 0.885. The second-order valence-corrected chi connectivity index (χ2v) is 5.90. The Bertz CT molecular complexity index is 667. The van der Waals surface area contributed by atoms with Gasteiger partial charge in [0.1, 0.15) is 0 Å². The van der Waals surface area contributed by atoms with Gasteiger partial charge in [-0.15, -0.1) is 0 Å². The number of aliphatic hydroxyl groups excluding tert-OH is 1. The number of aliphatic hydroxyl groups is 1. The van der Waals surface area contributed by atoms with Gasteiger partial charge in [0.05, 0.1) is 6.10 Å². The summed E-state index contributed by atoms with van der Waals surface area (Å²) in [6.07, 6.45) is 3.68. The number of hydrogen-bond acceptors (Lipinski definition) is 2. The van der Waals surface area contributed by atoms with Gasteiger partial charge in [-0.25, -0.2) is 0 Å². The maximum atomic E-state index is 12.3. The summed E-state index contributed by atoms with van der Waals surface area (Å²) in [5.74, 6) is 0.0674. The molecule has 0 spiro atoms. The normalized spacial score (nSPS) is 21.5. The Morgan fingerprint density at radius 1 is 1.04 bits per heavy atom. The third kappa shape index (κ3) is 3.88. The second kappa shape index (κ2) is 7.25. The molecule has 118 valence electrons. The predicted octanol–water partition coefficient (Wildman–Crippen LogP) is 3.08. The number of likely N-dealkylation sites (tertiary alicyclic amines) is 1. The molecule has 0 radical (unpaired) electrons. The van der Waals surface area contributed by atoms with E-state index in [1.807, 2.05) is 66.7 Å². The highest BCUT2D eigenvalue weighted by Gasteiger charge is 2.30. The van der Waals surface area contributed by atoms with Gasteiger partial charge in [0, 0.05) is 25.1 Å². The molecule has 3 heteroatoms. The number of nitrogens with zero attached hydrogens (tertiary/aromatic N) is 1. The van der Waals surface area contributed by atoms with Gasteiger partial charge in [0.15, 0.2) is 0 Å². The molecule has 0 bridgehead atoms. The monoisotopic (exact) mass is 307 g/mol. The van der Waals surface area contributed by atoms with Gasteiger partial charge in [-0.2, -0.15) is 0 Å². The first-order chi connectivity index (χ1) is 11.2. The Labute approximate surface area is 136 Å². The topological polar surface area (TPSA) is 40.5 Å². The molecule has 1 aliphatic rings. The van der Waals surface area contributed by atoms with Crippen LogP contribution in [0.15, 0.2) is 66.7 Å². The van der Waals surface area contributed by atoms with E-state index in [9.17, 15) is 9.90 Å². The average molecular weight is 307 g/mol. The van der Waals surface area contributed by atoms with Gasteiger partial charge in [-0.3, -0.25) is 4.79 Å². The summed E-state index contributed by atoms with van der Waals surface area (Å²) < 4.78 is 0. The molecule has 3 nitrogen and oxygen atoms in total. The van der Waals surface area contributed by atoms with Crippen LogP contribution in [0.2, 0.25) is 0 Å². The molecule has 23 heavy (non-hydrogen) atoms. The largest absolute Gasteiger partial charge is 0.391 e. The highest BCUT2D eigenvalue weighted by atomic mass is 16.3. The van der Waals surface area contributed by atoms with Crippen LogP contribution in [-0.2, 0) is 4.79 Å². The van der Waals surface area contributed by atoms with Crippen molar-refractivity contribution in [2.24, 2.45) is 0 Å². The van der Waals surface area contributed by atoms with Crippen LogP contribution in [0.4, 0.5) is 0 Å². The van der Waals surface area contributed by atoms with Crippen molar-refractivity contribution in [3.8, 4) is 0 Å². The smallest absolute Gasteiger partial charge is 0.246 e. The number of amides is 1. The first-order valence-electron chi connectivity index (χ1n) is 7.99. The molecule has 1 heterocycles. The molecule has 0 unspecified atom stereocenters. The van der Waals surface area contributed by atoms with Crippen LogP contribution in [0.5, 0.6) is 0 Å². The lowest BCUT2D eigenvalue weighted by Crippen LogP contribution is -2.45. The lowest BCUT2D eigenvalue weighted by Gasteiger charge is -2.35. The van der Waals surface area contributed by atoms with Crippen molar-refractivity contribution in [3.63, 3.8) is 0 Å². The molecule has 0 aliphatic carbocycles. The van der Waals surface area contributed by atoms with Crippen molar-refractivity contribution in [2.45, 2.75) is 18.4 Å². The van der Waals surface area contributed by atoms with E-state index in [1.54, 1.807) is 11.0 Å². The van der Waals surface area contributed by atoms with E-state index >= 15 is 0 Å². The molecule has 1 N–H and O–H groups in total. The zero-order valence-corrected chi connectivity index (χ0v) is 13.0. The maximum Gasteiger partial charge on any atom is 0.246 e. The molecule has 1 aliphatic heterocycles. The van der Waals surface area contributed by atoms with E-state index in [0.29, 0.717) is 13.1 Å². The zero-order valence-electron chi connectivity index (χ0n) is 13.0. The first kappa shape index (κ1) is 15.5. The van der Waals surface area contributed by atoms with Crippen LogP contribution in [0.25, 0.3) is 6.08 Å². The van der Waals surface area contributed by atoms with Gasteiger partial charge in [-0.1, -0.05) is 60.7 Å². The Morgan fingerprint density at radius 2 is 1.70 bits per heavy atom.